The molecule has 1 unspecified atom stereocenters. The Balaban J connectivity index is 1.53. The van der Waals surface area contributed by atoms with Gasteiger partial charge in [0.2, 0.25) is 0 Å². The Kier molecular flexibility index (Phi) is 5.88. The molecule has 0 bridgehead atoms. The van der Waals surface area contributed by atoms with Crippen LogP contribution in [0.2, 0.25) is 0 Å². The average Bonchev–Trinajstić information content (AvgIpc) is 3.08. The molecule has 206 valence electrons. The molecular weight excluding hydrogens is 452 g/mol. The molecule has 12 atom stereocenters. The highest BCUT2D eigenvalue weighted by atomic mass is 16.7. The first-order valence-electron chi connectivity index (χ1n) is 14.6. The summed E-state index contributed by atoms with van der Waals surface area (Å²) in [6.07, 6.45) is 4.23. The molecule has 4 aliphatic carbocycles. The Morgan fingerprint density at radius 2 is 1.56 bits per heavy atom. The van der Waals surface area contributed by atoms with Crippen LogP contribution in [0.3, 0.4) is 0 Å². The van der Waals surface area contributed by atoms with Crippen LogP contribution < -0.4 is 0 Å². The van der Waals surface area contributed by atoms with Crippen molar-refractivity contribution in [3.8, 4) is 0 Å². The van der Waals surface area contributed by atoms with Gasteiger partial charge in [-0.1, -0.05) is 60.6 Å². The maximum Gasteiger partial charge on any atom is 0.198 e. The maximum atomic E-state index is 12.1. The summed E-state index contributed by atoms with van der Waals surface area (Å²) in [5.74, 6) is -1.26. The molecule has 1 heterocycles. The minimum absolute atomic E-state index is 0.0339. The minimum atomic E-state index is -1.76. The molecule has 0 aromatic heterocycles. The van der Waals surface area contributed by atoms with Crippen molar-refractivity contribution in [2.45, 2.75) is 130 Å². The lowest BCUT2D eigenvalue weighted by Gasteiger charge is -2.70. The standard InChI is InChI=1S/C31H52O5/c1-17(2)18(3)16-23-30(9,34)24-19-10-11-21-27(6)14-13-22(32)26(4,5)20(27)12-15-28(21,7)29(19,8)25(33)31(24,35)36-23/h17,19-25,32-35H,3,10-16H2,1-2,4-9H3/t19-,20+,21-,22+,23?,24+,25-,27+,28-,29+,30+,31-/m1/s1. The van der Waals surface area contributed by atoms with Gasteiger partial charge in [-0.25, -0.2) is 0 Å². The predicted octanol–water partition coefficient (Wildman–Crippen LogP) is 5.05. The van der Waals surface area contributed by atoms with Gasteiger partial charge in [-0.15, -0.1) is 0 Å². The summed E-state index contributed by atoms with van der Waals surface area (Å²) in [7, 11) is 0. The molecule has 1 aliphatic heterocycles. The summed E-state index contributed by atoms with van der Waals surface area (Å²) in [6, 6.07) is 0. The number of rotatable bonds is 3. The fraction of sp³-hybridized carbons (Fsp3) is 0.935. The SMILES string of the molecule is C=C(CC1O[C@]2(O)[C@@H]([C@H]3CC[C@@H]4[C@@]5(C)CC[C@H](O)C(C)(C)[C@@H]5CC[C@@]4(C)[C@]3(C)[C@H]2O)[C@@]1(C)O)C(C)C. The molecule has 5 rings (SSSR count). The van der Waals surface area contributed by atoms with Crippen molar-refractivity contribution in [1.82, 2.24) is 0 Å². The van der Waals surface area contributed by atoms with Crippen LogP contribution in [0.4, 0.5) is 0 Å². The quantitative estimate of drug-likeness (QED) is 0.404. The highest BCUT2D eigenvalue weighted by molar-refractivity contribution is 5.27. The molecule has 0 aromatic carbocycles. The highest BCUT2D eigenvalue weighted by Gasteiger charge is 2.81. The van der Waals surface area contributed by atoms with Crippen LogP contribution in [0, 0.1) is 51.2 Å². The number of hydrogen-bond donors (Lipinski definition) is 4. The van der Waals surface area contributed by atoms with Crippen LogP contribution in [0.15, 0.2) is 12.2 Å². The molecule has 4 N–H and O–H groups in total. The van der Waals surface area contributed by atoms with E-state index in [2.05, 4.69) is 55.0 Å². The van der Waals surface area contributed by atoms with Gasteiger partial charge in [0.25, 0.3) is 0 Å². The Morgan fingerprint density at radius 1 is 0.917 bits per heavy atom. The third-order valence-corrected chi connectivity index (χ3v) is 13.5. The van der Waals surface area contributed by atoms with Crippen molar-refractivity contribution in [3.63, 3.8) is 0 Å². The van der Waals surface area contributed by atoms with E-state index in [0.29, 0.717) is 18.3 Å². The van der Waals surface area contributed by atoms with Crippen molar-refractivity contribution in [3.05, 3.63) is 12.2 Å². The Hall–Kier alpha value is -0.460. The molecule has 0 spiro atoms. The number of aliphatic hydroxyl groups excluding tert-OH is 2. The molecule has 0 aromatic rings. The fourth-order valence-corrected chi connectivity index (χ4v) is 11.1. The van der Waals surface area contributed by atoms with Gasteiger partial charge in [0.1, 0.15) is 6.10 Å². The van der Waals surface area contributed by atoms with Gasteiger partial charge in [0, 0.05) is 5.41 Å². The molecule has 5 nitrogen and oxygen atoms in total. The first kappa shape index (κ1) is 27.1. The Bertz CT molecular complexity index is 926. The molecule has 1 saturated heterocycles. The van der Waals surface area contributed by atoms with Crippen LogP contribution in [-0.2, 0) is 4.74 Å². The van der Waals surface area contributed by atoms with Gasteiger partial charge in [-0.3, -0.25) is 0 Å². The van der Waals surface area contributed by atoms with Crippen molar-refractivity contribution in [2.75, 3.05) is 0 Å². The van der Waals surface area contributed by atoms with E-state index in [1.807, 2.05) is 6.92 Å². The zero-order valence-corrected chi connectivity index (χ0v) is 24.0. The molecule has 5 aliphatic rings. The topological polar surface area (TPSA) is 90.2 Å². The largest absolute Gasteiger partial charge is 0.393 e. The normalized spacial score (nSPS) is 57.6. The maximum absolute atomic E-state index is 12.1. The molecule has 0 radical (unpaired) electrons. The van der Waals surface area contributed by atoms with Gasteiger partial charge in [-0.2, -0.15) is 0 Å². The van der Waals surface area contributed by atoms with E-state index >= 15 is 0 Å². The summed E-state index contributed by atoms with van der Waals surface area (Å²) in [6.45, 7) is 21.6. The summed E-state index contributed by atoms with van der Waals surface area (Å²) in [5.41, 5.74) is -1.09. The van der Waals surface area contributed by atoms with E-state index in [0.717, 1.165) is 44.1 Å². The fourth-order valence-electron chi connectivity index (χ4n) is 11.1. The average molecular weight is 505 g/mol. The zero-order valence-electron chi connectivity index (χ0n) is 24.0. The second kappa shape index (κ2) is 7.81. The summed E-state index contributed by atoms with van der Waals surface area (Å²) in [4.78, 5) is 0. The van der Waals surface area contributed by atoms with Gasteiger partial charge in [0.15, 0.2) is 5.79 Å². The van der Waals surface area contributed by atoms with E-state index < -0.39 is 34.9 Å². The first-order valence-corrected chi connectivity index (χ1v) is 14.6. The van der Waals surface area contributed by atoms with E-state index in [1.165, 1.54) is 0 Å². The third-order valence-electron chi connectivity index (χ3n) is 13.5. The van der Waals surface area contributed by atoms with E-state index in [1.54, 1.807) is 0 Å². The van der Waals surface area contributed by atoms with Crippen LogP contribution in [-0.4, -0.2) is 50.1 Å². The van der Waals surface area contributed by atoms with Gasteiger partial charge in [0.05, 0.1) is 23.7 Å². The number of hydrogen-bond acceptors (Lipinski definition) is 5. The van der Waals surface area contributed by atoms with Gasteiger partial charge >= 0.3 is 0 Å². The lowest BCUT2D eigenvalue weighted by atomic mass is 9.35. The minimum Gasteiger partial charge on any atom is -0.393 e. The van der Waals surface area contributed by atoms with E-state index in [-0.39, 0.29) is 34.2 Å². The molecule has 0 amide bonds. The number of fused-ring (bicyclic) bond motifs is 7. The van der Waals surface area contributed by atoms with Crippen LogP contribution in [0.5, 0.6) is 0 Å². The summed E-state index contributed by atoms with van der Waals surface area (Å²) >= 11 is 0. The Morgan fingerprint density at radius 3 is 2.17 bits per heavy atom. The van der Waals surface area contributed by atoms with Crippen molar-refractivity contribution >= 4 is 0 Å². The smallest absolute Gasteiger partial charge is 0.198 e. The molecule has 5 fully saturated rings. The second-order valence-corrected chi connectivity index (χ2v) is 15.4. The summed E-state index contributed by atoms with van der Waals surface area (Å²) < 4.78 is 6.34. The summed E-state index contributed by atoms with van der Waals surface area (Å²) in [5, 5.41) is 47.0. The Labute approximate surface area is 218 Å². The second-order valence-electron chi connectivity index (χ2n) is 15.4. The molecular formula is C31H52O5. The van der Waals surface area contributed by atoms with Crippen molar-refractivity contribution in [1.29, 1.82) is 0 Å². The molecule has 36 heavy (non-hydrogen) atoms. The lowest BCUT2D eigenvalue weighted by molar-refractivity contribution is -0.284. The monoisotopic (exact) mass is 504 g/mol. The predicted molar refractivity (Wildman–Crippen MR) is 141 cm³/mol. The van der Waals surface area contributed by atoms with E-state index in [9.17, 15) is 20.4 Å². The van der Waals surface area contributed by atoms with E-state index in [4.69, 9.17) is 4.74 Å². The van der Waals surface area contributed by atoms with Crippen LogP contribution in [0.25, 0.3) is 0 Å². The lowest BCUT2D eigenvalue weighted by Crippen LogP contribution is -2.66. The third kappa shape index (κ3) is 3.01. The van der Waals surface area contributed by atoms with Crippen molar-refractivity contribution in [2.24, 2.45) is 51.2 Å². The first-order chi connectivity index (χ1) is 16.4. The number of aliphatic hydroxyl groups is 4. The highest BCUT2D eigenvalue weighted by Crippen LogP contribution is 2.78. The zero-order chi connectivity index (χ0) is 26.9. The van der Waals surface area contributed by atoms with Crippen LogP contribution >= 0.6 is 0 Å². The van der Waals surface area contributed by atoms with Gasteiger partial charge in [-0.05, 0) is 91.8 Å². The van der Waals surface area contributed by atoms with Crippen molar-refractivity contribution < 1.29 is 25.2 Å². The number of ether oxygens (including phenoxy) is 1. The molecule has 5 heteroatoms. The van der Waals surface area contributed by atoms with Crippen LogP contribution in [0.1, 0.15) is 100 Å². The van der Waals surface area contributed by atoms with Gasteiger partial charge < -0.3 is 25.2 Å². The molecule has 4 saturated carbocycles.